The number of hydrogen-bond donors (Lipinski definition) is 0. The van der Waals surface area contributed by atoms with Crippen LogP contribution in [0.1, 0.15) is 11.1 Å². The molecule has 22 heavy (non-hydrogen) atoms. The Labute approximate surface area is 127 Å². The molecule has 0 saturated carbocycles. The molecule has 2 aromatic carbocycles. The molecular weight excluding hydrogens is 284 g/mol. The molecule has 0 aliphatic heterocycles. The third-order valence-electron chi connectivity index (χ3n) is 3.74. The molecule has 112 valence electrons. The van der Waals surface area contributed by atoms with Crippen molar-refractivity contribution in [1.29, 1.82) is 0 Å². The maximum atomic E-state index is 14.6. The normalized spacial score (nSPS) is 11.0. The lowest BCUT2D eigenvalue weighted by Crippen LogP contribution is -2.01. The Balaban J connectivity index is 2.40. The van der Waals surface area contributed by atoms with E-state index in [1.807, 2.05) is 32.0 Å². The van der Waals surface area contributed by atoms with Crippen LogP contribution in [0.4, 0.5) is 8.78 Å². The largest absolute Gasteiger partial charge is 0.249 e. The lowest BCUT2D eigenvalue weighted by molar-refractivity contribution is 0.585. The lowest BCUT2D eigenvalue weighted by Gasteiger charge is -2.15. The highest BCUT2D eigenvalue weighted by Gasteiger charge is 2.20. The lowest BCUT2D eigenvalue weighted by atomic mass is 9.91. The number of aromatic nitrogens is 3. The summed E-state index contributed by atoms with van der Waals surface area (Å²) in [6.45, 7) is 3.82. The molecule has 0 unspecified atom stereocenters. The van der Waals surface area contributed by atoms with E-state index in [-0.39, 0.29) is 0 Å². The molecule has 0 aliphatic carbocycles. The second-order valence-corrected chi connectivity index (χ2v) is 5.28. The van der Waals surface area contributed by atoms with Gasteiger partial charge in [-0.15, -0.1) is 0 Å². The monoisotopic (exact) mass is 299 g/mol. The molecule has 0 spiro atoms. The second kappa shape index (κ2) is 5.33. The highest BCUT2D eigenvalue weighted by molar-refractivity contribution is 5.84. The van der Waals surface area contributed by atoms with Crippen LogP contribution < -0.4 is 0 Å². The van der Waals surface area contributed by atoms with E-state index in [4.69, 9.17) is 0 Å². The molecule has 3 nitrogen and oxygen atoms in total. The van der Waals surface area contributed by atoms with Gasteiger partial charge in [0.1, 0.15) is 18.0 Å². The van der Waals surface area contributed by atoms with Gasteiger partial charge in [-0.05, 0) is 36.6 Å². The highest BCUT2D eigenvalue weighted by Crippen LogP contribution is 2.37. The molecule has 1 heterocycles. The minimum absolute atomic E-state index is 0.355. The first-order valence-corrected chi connectivity index (χ1v) is 6.89. The topological polar surface area (TPSA) is 30.7 Å². The first kappa shape index (κ1) is 14.4. The van der Waals surface area contributed by atoms with Gasteiger partial charge in [0, 0.05) is 24.2 Å². The highest BCUT2D eigenvalue weighted by atomic mass is 19.1. The van der Waals surface area contributed by atoms with Gasteiger partial charge in [-0.2, -0.15) is 5.10 Å². The summed E-state index contributed by atoms with van der Waals surface area (Å²) in [6.07, 6.45) is 1.37. The summed E-state index contributed by atoms with van der Waals surface area (Å²) in [5, 5.41) is 3.99. The van der Waals surface area contributed by atoms with Gasteiger partial charge in [-0.25, -0.2) is 18.4 Å². The summed E-state index contributed by atoms with van der Waals surface area (Å²) in [5.41, 5.74) is 3.36. The van der Waals surface area contributed by atoms with Crippen LogP contribution in [0.2, 0.25) is 0 Å². The van der Waals surface area contributed by atoms with Crippen LogP contribution in [0.15, 0.2) is 36.7 Å². The second-order valence-electron chi connectivity index (χ2n) is 5.28. The Bertz CT molecular complexity index is 833. The van der Waals surface area contributed by atoms with Crippen molar-refractivity contribution in [1.82, 2.24) is 14.8 Å². The van der Waals surface area contributed by atoms with E-state index in [1.165, 1.54) is 17.1 Å². The van der Waals surface area contributed by atoms with Gasteiger partial charge in [0.05, 0.1) is 0 Å². The van der Waals surface area contributed by atoms with Crippen LogP contribution in [0, 0.1) is 25.5 Å². The fraction of sp³-hybridized carbons (Fsp3) is 0.176. The quantitative estimate of drug-likeness (QED) is 0.715. The third kappa shape index (κ3) is 2.28. The van der Waals surface area contributed by atoms with Gasteiger partial charge in [0.2, 0.25) is 0 Å². The van der Waals surface area contributed by atoms with Crippen molar-refractivity contribution in [3.05, 3.63) is 59.4 Å². The Kier molecular flexibility index (Phi) is 3.48. The fourth-order valence-corrected chi connectivity index (χ4v) is 2.75. The Morgan fingerprint density at radius 1 is 1.00 bits per heavy atom. The zero-order valence-electron chi connectivity index (χ0n) is 12.6. The van der Waals surface area contributed by atoms with Crippen molar-refractivity contribution in [2.24, 2.45) is 7.05 Å². The SMILES string of the molecule is Cc1cccc(C)c1-c1c(F)cc(F)cc1-c1ncnn1C. The molecule has 0 fully saturated rings. The molecule has 3 aromatic rings. The van der Waals surface area contributed by atoms with Crippen LogP contribution in [-0.2, 0) is 7.05 Å². The van der Waals surface area contributed by atoms with Crippen LogP contribution >= 0.6 is 0 Å². The zero-order chi connectivity index (χ0) is 15.9. The minimum Gasteiger partial charge on any atom is -0.249 e. The number of rotatable bonds is 2. The van der Waals surface area contributed by atoms with Gasteiger partial charge in [-0.1, -0.05) is 18.2 Å². The van der Waals surface area contributed by atoms with Crippen LogP contribution in [0.25, 0.3) is 22.5 Å². The predicted molar refractivity (Wildman–Crippen MR) is 81.3 cm³/mol. The van der Waals surface area contributed by atoms with Gasteiger partial charge in [0.15, 0.2) is 5.82 Å². The number of halogens is 2. The Morgan fingerprint density at radius 3 is 2.27 bits per heavy atom. The summed E-state index contributed by atoms with van der Waals surface area (Å²) in [7, 11) is 1.69. The minimum atomic E-state index is -0.634. The molecule has 0 saturated heterocycles. The average molecular weight is 299 g/mol. The fourth-order valence-electron chi connectivity index (χ4n) is 2.75. The van der Waals surface area contributed by atoms with Crippen LogP contribution in [-0.4, -0.2) is 14.8 Å². The molecule has 0 atom stereocenters. The summed E-state index contributed by atoms with van der Waals surface area (Å²) >= 11 is 0. The molecule has 0 N–H and O–H groups in total. The first-order chi connectivity index (χ1) is 10.5. The molecule has 1 aromatic heterocycles. The molecular formula is C17H15F2N3. The maximum absolute atomic E-state index is 14.6. The molecule has 0 bridgehead atoms. The molecule has 0 aliphatic rings. The van der Waals surface area contributed by atoms with E-state index in [1.54, 1.807) is 7.05 Å². The van der Waals surface area contributed by atoms with E-state index in [9.17, 15) is 8.78 Å². The van der Waals surface area contributed by atoms with Gasteiger partial charge in [-0.3, -0.25) is 0 Å². The van der Waals surface area contributed by atoms with Crippen molar-refractivity contribution in [2.45, 2.75) is 13.8 Å². The summed E-state index contributed by atoms with van der Waals surface area (Å²) in [5.74, 6) is -0.808. The summed E-state index contributed by atoms with van der Waals surface area (Å²) < 4.78 is 29.8. The number of aryl methyl sites for hydroxylation is 3. The van der Waals surface area contributed by atoms with E-state index in [0.717, 1.165) is 22.8 Å². The number of benzene rings is 2. The van der Waals surface area contributed by atoms with Crippen molar-refractivity contribution in [2.75, 3.05) is 0 Å². The Hall–Kier alpha value is -2.56. The standard InChI is InChI=1S/C17H15F2N3/c1-10-5-4-6-11(2)15(10)16-13(7-12(18)8-14(16)19)17-20-9-21-22(17)3/h4-9H,1-3H3. The van der Waals surface area contributed by atoms with E-state index in [0.29, 0.717) is 17.0 Å². The first-order valence-electron chi connectivity index (χ1n) is 6.89. The van der Waals surface area contributed by atoms with Gasteiger partial charge < -0.3 is 0 Å². The maximum Gasteiger partial charge on any atom is 0.158 e. The summed E-state index contributed by atoms with van der Waals surface area (Å²) in [6, 6.07) is 7.93. The van der Waals surface area contributed by atoms with Gasteiger partial charge in [0.25, 0.3) is 0 Å². The molecule has 3 rings (SSSR count). The van der Waals surface area contributed by atoms with E-state index in [2.05, 4.69) is 10.1 Å². The van der Waals surface area contributed by atoms with Crippen molar-refractivity contribution in [3.63, 3.8) is 0 Å². The van der Waals surface area contributed by atoms with Gasteiger partial charge >= 0.3 is 0 Å². The smallest absolute Gasteiger partial charge is 0.158 e. The van der Waals surface area contributed by atoms with E-state index < -0.39 is 11.6 Å². The number of hydrogen-bond acceptors (Lipinski definition) is 2. The van der Waals surface area contributed by atoms with Crippen molar-refractivity contribution >= 4 is 0 Å². The molecule has 0 radical (unpaired) electrons. The average Bonchev–Trinajstić information content (AvgIpc) is 2.86. The van der Waals surface area contributed by atoms with Crippen molar-refractivity contribution < 1.29 is 8.78 Å². The molecule has 5 heteroatoms. The van der Waals surface area contributed by atoms with Crippen molar-refractivity contribution in [3.8, 4) is 22.5 Å². The molecule has 0 amide bonds. The predicted octanol–water partition coefficient (Wildman–Crippen LogP) is 4.04. The Morgan fingerprint density at radius 2 is 1.68 bits per heavy atom. The zero-order valence-corrected chi connectivity index (χ0v) is 12.6. The van der Waals surface area contributed by atoms with Crippen LogP contribution in [0.5, 0.6) is 0 Å². The number of nitrogens with zero attached hydrogens (tertiary/aromatic N) is 3. The summed E-state index contributed by atoms with van der Waals surface area (Å²) in [4.78, 5) is 4.13. The third-order valence-corrected chi connectivity index (χ3v) is 3.74. The van der Waals surface area contributed by atoms with Crippen LogP contribution in [0.3, 0.4) is 0 Å². The van der Waals surface area contributed by atoms with E-state index >= 15 is 0 Å².